The first-order valence-corrected chi connectivity index (χ1v) is 8.62. The molecule has 0 aliphatic rings. The van der Waals surface area contributed by atoms with E-state index in [9.17, 15) is 9.59 Å². The molecule has 1 atom stereocenters. The molecule has 0 radical (unpaired) electrons. The molecule has 4 nitrogen and oxygen atoms in total. The third-order valence-corrected chi connectivity index (χ3v) is 4.06. The van der Waals surface area contributed by atoms with Gasteiger partial charge in [-0.15, -0.1) is 0 Å². The Kier molecular flexibility index (Phi) is 8.38. The molecule has 1 rings (SSSR count). The van der Waals surface area contributed by atoms with Crippen LogP contribution in [0.15, 0.2) is 24.3 Å². The lowest BCUT2D eigenvalue weighted by atomic mass is 10.1. The van der Waals surface area contributed by atoms with E-state index in [2.05, 4.69) is 12.2 Å². The van der Waals surface area contributed by atoms with Crippen LogP contribution in [0.4, 0.5) is 0 Å². The SMILES string of the molecule is CCCCNC(=O)[C@@H](C)N(Cc1ccccc1C)C(=O)CCC. The zero-order chi connectivity index (χ0) is 17.2. The fourth-order valence-corrected chi connectivity index (χ4v) is 2.45. The van der Waals surface area contributed by atoms with Crippen LogP contribution in [0.1, 0.15) is 57.6 Å². The molecule has 0 heterocycles. The van der Waals surface area contributed by atoms with Crippen molar-refractivity contribution in [3.63, 3.8) is 0 Å². The Hall–Kier alpha value is -1.84. The molecule has 0 spiro atoms. The van der Waals surface area contributed by atoms with Gasteiger partial charge in [-0.1, -0.05) is 44.5 Å². The second-order valence-corrected chi connectivity index (χ2v) is 6.02. The van der Waals surface area contributed by atoms with Crippen molar-refractivity contribution in [3.05, 3.63) is 35.4 Å². The number of unbranched alkanes of at least 4 members (excludes halogenated alkanes) is 1. The maximum Gasteiger partial charge on any atom is 0.242 e. The molecule has 0 aromatic heterocycles. The standard InChI is InChI=1S/C19H30N2O2/c1-5-7-13-20-19(23)16(4)21(18(22)10-6-2)14-17-12-9-8-11-15(17)3/h8-9,11-12,16H,5-7,10,13-14H2,1-4H3,(H,20,23)/t16-/m1/s1. The summed E-state index contributed by atoms with van der Waals surface area (Å²) in [6, 6.07) is 7.55. The minimum atomic E-state index is -0.453. The van der Waals surface area contributed by atoms with Crippen LogP contribution >= 0.6 is 0 Å². The van der Waals surface area contributed by atoms with Crippen molar-refractivity contribution in [2.45, 2.75) is 66.0 Å². The molecule has 0 saturated carbocycles. The molecule has 1 N–H and O–H groups in total. The highest BCUT2D eigenvalue weighted by molar-refractivity contribution is 5.87. The lowest BCUT2D eigenvalue weighted by molar-refractivity contribution is -0.140. The number of aryl methyl sites for hydroxylation is 1. The van der Waals surface area contributed by atoms with E-state index in [1.165, 1.54) is 0 Å². The minimum Gasteiger partial charge on any atom is -0.354 e. The fourth-order valence-electron chi connectivity index (χ4n) is 2.45. The summed E-state index contributed by atoms with van der Waals surface area (Å²) >= 11 is 0. The van der Waals surface area contributed by atoms with Gasteiger partial charge in [0.05, 0.1) is 0 Å². The van der Waals surface area contributed by atoms with Crippen LogP contribution in [0.3, 0.4) is 0 Å². The van der Waals surface area contributed by atoms with E-state index >= 15 is 0 Å². The zero-order valence-corrected chi connectivity index (χ0v) is 14.9. The van der Waals surface area contributed by atoms with Gasteiger partial charge in [0.1, 0.15) is 6.04 Å². The Balaban J connectivity index is 2.85. The van der Waals surface area contributed by atoms with E-state index in [1.54, 1.807) is 4.90 Å². The van der Waals surface area contributed by atoms with Crippen LogP contribution in [0.5, 0.6) is 0 Å². The number of nitrogens with one attached hydrogen (secondary N) is 1. The van der Waals surface area contributed by atoms with Crippen molar-refractivity contribution in [1.82, 2.24) is 10.2 Å². The number of carbonyl (C=O) groups excluding carboxylic acids is 2. The van der Waals surface area contributed by atoms with E-state index in [-0.39, 0.29) is 11.8 Å². The molecule has 0 aliphatic carbocycles. The molecule has 1 aromatic rings. The molecular formula is C19H30N2O2. The van der Waals surface area contributed by atoms with Gasteiger partial charge in [0.15, 0.2) is 0 Å². The van der Waals surface area contributed by atoms with E-state index in [0.717, 1.165) is 30.4 Å². The summed E-state index contributed by atoms with van der Waals surface area (Å²) in [5.74, 6) is -0.0367. The number of benzene rings is 1. The van der Waals surface area contributed by atoms with Crippen LogP contribution in [0.25, 0.3) is 0 Å². The van der Waals surface area contributed by atoms with Crippen LogP contribution in [0, 0.1) is 6.92 Å². The Morgan fingerprint density at radius 1 is 1.17 bits per heavy atom. The van der Waals surface area contributed by atoms with Gasteiger partial charge in [-0.2, -0.15) is 0 Å². The summed E-state index contributed by atoms with van der Waals surface area (Å²) in [5, 5.41) is 2.93. The average Bonchev–Trinajstić information content (AvgIpc) is 2.53. The number of amides is 2. The summed E-state index contributed by atoms with van der Waals surface area (Å²) in [7, 11) is 0. The second-order valence-electron chi connectivity index (χ2n) is 6.02. The van der Waals surface area contributed by atoms with Gasteiger partial charge < -0.3 is 10.2 Å². The first-order chi connectivity index (χ1) is 11.0. The molecule has 128 valence electrons. The van der Waals surface area contributed by atoms with E-state index in [4.69, 9.17) is 0 Å². The van der Waals surface area contributed by atoms with Crippen LogP contribution in [-0.2, 0) is 16.1 Å². The third-order valence-electron chi connectivity index (χ3n) is 4.06. The van der Waals surface area contributed by atoms with Crippen LogP contribution in [0.2, 0.25) is 0 Å². The lowest BCUT2D eigenvalue weighted by Gasteiger charge is -2.29. The number of rotatable bonds is 9. The van der Waals surface area contributed by atoms with Crippen LogP contribution in [-0.4, -0.2) is 29.3 Å². The Labute approximate surface area is 140 Å². The highest BCUT2D eigenvalue weighted by Crippen LogP contribution is 2.15. The summed E-state index contributed by atoms with van der Waals surface area (Å²) in [5.41, 5.74) is 2.23. The van der Waals surface area contributed by atoms with Gasteiger partial charge in [-0.25, -0.2) is 0 Å². The summed E-state index contributed by atoms with van der Waals surface area (Å²) < 4.78 is 0. The predicted octanol–water partition coefficient (Wildman–Crippen LogP) is 3.43. The van der Waals surface area contributed by atoms with Crippen molar-refractivity contribution in [2.24, 2.45) is 0 Å². The Bertz CT molecular complexity index is 514. The number of hydrogen-bond acceptors (Lipinski definition) is 2. The second kappa shape index (κ2) is 10.0. The number of hydrogen-bond donors (Lipinski definition) is 1. The third kappa shape index (κ3) is 6.05. The molecule has 0 aliphatic heterocycles. The Morgan fingerprint density at radius 2 is 1.87 bits per heavy atom. The molecular weight excluding hydrogens is 288 g/mol. The predicted molar refractivity (Wildman–Crippen MR) is 94.0 cm³/mol. The molecule has 4 heteroatoms. The van der Waals surface area contributed by atoms with Gasteiger partial charge in [0.2, 0.25) is 11.8 Å². The van der Waals surface area contributed by atoms with Crippen molar-refractivity contribution in [3.8, 4) is 0 Å². The topological polar surface area (TPSA) is 49.4 Å². The molecule has 0 fully saturated rings. The first-order valence-electron chi connectivity index (χ1n) is 8.62. The van der Waals surface area contributed by atoms with Gasteiger partial charge in [-0.3, -0.25) is 9.59 Å². The van der Waals surface area contributed by atoms with Gasteiger partial charge in [0.25, 0.3) is 0 Å². The molecule has 23 heavy (non-hydrogen) atoms. The monoisotopic (exact) mass is 318 g/mol. The van der Waals surface area contributed by atoms with Gasteiger partial charge in [0, 0.05) is 19.5 Å². The smallest absolute Gasteiger partial charge is 0.242 e. The summed E-state index contributed by atoms with van der Waals surface area (Å²) in [6.45, 7) is 9.06. The Morgan fingerprint density at radius 3 is 2.48 bits per heavy atom. The summed E-state index contributed by atoms with van der Waals surface area (Å²) in [4.78, 5) is 26.5. The minimum absolute atomic E-state index is 0.0360. The molecule has 0 bridgehead atoms. The lowest BCUT2D eigenvalue weighted by Crippen LogP contribution is -2.47. The summed E-state index contributed by atoms with van der Waals surface area (Å²) in [6.07, 6.45) is 3.25. The normalized spacial score (nSPS) is 11.8. The van der Waals surface area contributed by atoms with Crippen molar-refractivity contribution < 1.29 is 9.59 Å². The van der Waals surface area contributed by atoms with Crippen molar-refractivity contribution in [2.75, 3.05) is 6.54 Å². The van der Waals surface area contributed by atoms with Gasteiger partial charge >= 0.3 is 0 Å². The average molecular weight is 318 g/mol. The zero-order valence-electron chi connectivity index (χ0n) is 14.9. The maximum absolute atomic E-state index is 12.5. The van der Waals surface area contributed by atoms with E-state index in [0.29, 0.717) is 19.5 Å². The van der Waals surface area contributed by atoms with E-state index in [1.807, 2.05) is 45.0 Å². The number of nitrogens with zero attached hydrogens (tertiary/aromatic N) is 1. The van der Waals surface area contributed by atoms with E-state index < -0.39 is 6.04 Å². The highest BCUT2D eigenvalue weighted by Gasteiger charge is 2.25. The number of carbonyl (C=O) groups is 2. The van der Waals surface area contributed by atoms with Crippen molar-refractivity contribution >= 4 is 11.8 Å². The largest absolute Gasteiger partial charge is 0.354 e. The van der Waals surface area contributed by atoms with Gasteiger partial charge in [-0.05, 0) is 37.8 Å². The van der Waals surface area contributed by atoms with Crippen LogP contribution < -0.4 is 5.32 Å². The molecule has 2 amide bonds. The first kappa shape index (κ1) is 19.2. The fraction of sp³-hybridized carbons (Fsp3) is 0.579. The maximum atomic E-state index is 12.5. The van der Waals surface area contributed by atoms with Crippen molar-refractivity contribution in [1.29, 1.82) is 0 Å². The quantitative estimate of drug-likeness (QED) is 0.709. The highest BCUT2D eigenvalue weighted by atomic mass is 16.2. The molecule has 1 aromatic carbocycles. The molecule has 0 unspecified atom stereocenters. The molecule has 0 saturated heterocycles.